The number of nitrogens with zero attached hydrogens (tertiary/aromatic N) is 3. The van der Waals surface area contributed by atoms with Crippen molar-refractivity contribution in [2.45, 2.75) is 70.5 Å². The molecule has 1 aromatic rings. The Labute approximate surface area is 128 Å². The Kier molecular flexibility index (Phi) is 4.65. The van der Waals surface area contributed by atoms with Crippen LogP contribution in [0.1, 0.15) is 64.1 Å². The lowest BCUT2D eigenvalue weighted by molar-refractivity contribution is 0.158. The predicted octanol–water partition coefficient (Wildman–Crippen LogP) is 2.96. The molecule has 0 bridgehead atoms. The lowest BCUT2D eigenvalue weighted by Crippen LogP contribution is -2.52. The highest BCUT2D eigenvalue weighted by molar-refractivity contribution is 5.02. The van der Waals surface area contributed by atoms with Gasteiger partial charge in [-0.05, 0) is 52.3 Å². The maximum atomic E-state index is 4.72. The summed E-state index contributed by atoms with van der Waals surface area (Å²) < 4.78 is 2.07. The van der Waals surface area contributed by atoms with Crippen LogP contribution in [0.5, 0.6) is 0 Å². The average molecular weight is 290 g/mol. The van der Waals surface area contributed by atoms with Crippen molar-refractivity contribution >= 4 is 0 Å². The number of nitrogens with one attached hydrogen (secondary N) is 1. The minimum absolute atomic E-state index is 0.384. The summed E-state index contributed by atoms with van der Waals surface area (Å²) in [6, 6.07) is 2.64. The molecule has 1 saturated carbocycles. The molecule has 2 heterocycles. The first-order valence-electron chi connectivity index (χ1n) is 8.68. The van der Waals surface area contributed by atoms with Crippen molar-refractivity contribution in [3.63, 3.8) is 0 Å². The molecule has 21 heavy (non-hydrogen) atoms. The van der Waals surface area contributed by atoms with Crippen LogP contribution >= 0.6 is 0 Å². The van der Waals surface area contributed by atoms with Gasteiger partial charge >= 0.3 is 0 Å². The molecule has 0 amide bonds. The first kappa shape index (κ1) is 15.0. The second kappa shape index (κ2) is 6.49. The topological polar surface area (TPSA) is 33.1 Å². The Morgan fingerprint density at radius 3 is 2.76 bits per heavy atom. The fourth-order valence-electron chi connectivity index (χ4n) is 3.90. The molecule has 4 nitrogen and oxygen atoms in total. The summed E-state index contributed by atoms with van der Waals surface area (Å²) in [5.41, 5.74) is 1.60. The van der Waals surface area contributed by atoms with E-state index >= 15 is 0 Å². The molecule has 1 N–H and O–H groups in total. The molecule has 0 aromatic carbocycles. The summed E-state index contributed by atoms with van der Waals surface area (Å²) in [5.74, 6) is 0. The zero-order chi connectivity index (χ0) is 14.7. The Bertz CT molecular complexity index is 445. The second-order valence-electron chi connectivity index (χ2n) is 7.21. The van der Waals surface area contributed by atoms with Gasteiger partial charge in [-0.3, -0.25) is 9.58 Å². The molecule has 3 rings (SSSR count). The van der Waals surface area contributed by atoms with Gasteiger partial charge in [0, 0.05) is 30.9 Å². The van der Waals surface area contributed by atoms with Crippen LogP contribution in [0.3, 0.4) is 0 Å². The van der Waals surface area contributed by atoms with Crippen LogP contribution in [0.15, 0.2) is 12.3 Å². The summed E-state index contributed by atoms with van der Waals surface area (Å²) in [7, 11) is 0. The molecule has 0 radical (unpaired) electrons. The van der Waals surface area contributed by atoms with Crippen LogP contribution < -0.4 is 5.32 Å². The van der Waals surface area contributed by atoms with E-state index in [4.69, 9.17) is 5.10 Å². The highest BCUT2D eigenvalue weighted by Crippen LogP contribution is 2.30. The first-order valence-corrected chi connectivity index (χ1v) is 8.68. The van der Waals surface area contributed by atoms with Crippen LogP contribution in [0.4, 0.5) is 0 Å². The molecule has 0 atom stereocenters. The van der Waals surface area contributed by atoms with Crippen LogP contribution in [-0.4, -0.2) is 39.9 Å². The minimum atomic E-state index is 0.384. The van der Waals surface area contributed by atoms with E-state index < -0.39 is 0 Å². The van der Waals surface area contributed by atoms with Crippen molar-refractivity contribution in [1.29, 1.82) is 0 Å². The van der Waals surface area contributed by atoms with Crippen molar-refractivity contribution in [2.24, 2.45) is 0 Å². The Hall–Kier alpha value is -0.870. The molecule has 1 saturated heterocycles. The van der Waals surface area contributed by atoms with E-state index in [2.05, 4.69) is 41.0 Å². The van der Waals surface area contributed by atoms with Gasteiger partial charge in [-0.1, -0.05) is 19.3 Å². The van der Waals surface area contributed by atoms with E-state index in [1.807, 2.05) is 0 Å². The molecule has 1 aromatic heterocycles. The van der Waals surface area contributed by atoms with Gasteiger partial charge in [-0.15, -0.1) is 0 Å². The predicted molar refractivity (Wildman–Crippen MR) is 86.3 cm³/mol. The highest BCUT2D eigenvalue weighted by atomic mass is 15.3. The van der Waals surface area contributed by atoms with Gasteiger partial charge in [0.05, 0.1) is 5.69 Å². The van der Waals surface area contributed by atoms with Crippen LogP contribution in [0.25, 0.3) is 0 Å². The van der Waals surface area contributed by atoms with E-state index in [9.17, 15) is 0 Å². The third-order valence-electron chi connectivity index (χ3n) is 5.07. The third-order valence-corrected chi connectivity index (χ3v) is 5.07. The average Bonchev–Trinajstić information content (AvgIpc) is 2.85. The summed E-state index contributed by atoms with van der Waals surface area (Å²) in [5, 5.41) is 8.59. The largest absolute Gasteiger partial charge is 0.310 e. The minimum Gasteiger partial charge on any atom is -0.310 e. The second-order valence-corrected chi connectivity index (χ2v) is 7.21. The quantitative estimate of drug-likeness (QED) is 0.929. The van der Waals surface area contributed by atoms with Crippen LogP contribution in [-0.2, 0) is 6.54 Å². The third kappa shape index (κ3) is 3.67. The fourth-order valence-corrected chi connectivity index (χ4v) is 3.90. The van der Waals surface area contributed by atoms with Crippen LogP contribution in [0, 0.1) is 0 Å². The number of hydrogen-bond acceptors (Lipinski definition) is 3. The van der Waals surface area contributed by atoms with E-state index in [0.29, 0.717) is 11.6 Å². The SMILES string of the molecule is CC(C)n1ccc(CN2CCCNC3(CCCCC3)C2)n1. The maximum Gasteiger partial charge on any atom is 0.0764 e. The molecule has 2 fully saturated rings. The molecule has 4 heteroatoms. The van der Waals surface area contributed by atoms with Crippen molar-refractivity contribution in [3.8, 4) is 0 Å². The number of hydrogen-bond donors (Lipinski definition) is 1. The van der Waals surface area contributed by atoms with Crippen molar-refractivity contribution in [2.75, 3.05) is 19.6 Å². The Morgan fingerprint density at radius 1 is 1.24 bits per heavy atom. The number of rotatable bonds is 3. The van der Waals surface area contributed by atoms with Gasteiger partial charge in [0.1, 0.15) is 0 Å². The van der Waals surface area contributed by atoms with Gasteiger partial charge in [0.15, 0.2) is 0 Å². The van der Waals surface area contributed by atoms with Gasteiger partial charge in [-0.25, -0.2) is 0 Å². The van der Waals surface area contributed by atoms with E-state index in [1.54, 1.807) is 0 Å². The number of aromatic nitrogens is 2. The van der Waals surface area contributed by atoms with E-state index in [0.717, 1.165) is 6.54 Å². The molecular weight excluding hydrogens is 260 g/mol. The summed E-state index contributed by atoms with van der Waals surface area (Å²) in [4.78, 5) is 2.62. The molecular formula is C17H30N4. The van der Waals surface area contributed by atoms with Gasteiger partial charge in [0.2, 0.25) is 0 Å². The van der Waals surface area contributed by atoms with Gasteiger partial charge < -0.3 is 5.32 Å². The fraction of sp³-hybridized carbons (Fsp3) is 0.824. The van der Waals surface area contributed by atoms with Crippen molar-refractivity contribution in [1.82, 2.24) is 20.0 Å². The van der Waals surface area contributed by atoms with Crippen molar-refractivity contribution in [3.05, 3.63) is 18.0 Å². The smallest absolute Gasteiger partial charge is 0.0764 e. The molecule has 118 valence electrons. The zero-order valence-electron chi connectivity index (χ0n) is 13.6. The molecule has 1 spiro atoms. The standard InChI is InChI=1S/C17H30N4/c1-15(2)21-12-7-16(19-21)13-20-11-6-10-18-17(14-20)8-4-3-5-9-17/h7,12,15,18H,3-6,8-11,13-14H2,1-2H3. The lowest BCUT2D eigenvalue weighted by Gasteiger charge is -2.40. The summed E-state index contributed by atoms with van der Waals surface area (Å²) in [6.45, 7) is 8.94. The first-order chi connectivity index (χ1) is 10.2. The molecule has 1 aliphatic heterocycles. The summed E-state index contributed by atoms with van der Waals surface area (Å²) in [6.07, 6.45) is 10.3. The summed E-state index contributed by atoms with van der Waals surface area (Å²) >= 11 is 0. The lowest BCUT2D eigenvalue weighted by atomic mass is 9.81. The van der Waals surface area contributed by atoms with Gasteiger partial charge in [-0.2, -0.15) is 5.10 Å². The Morgan fingerprint density at radius 2 is 2.05 bits per heavy atom. The monoisotopic (exact) mass is 290 g/mol. The molecule has 2 aliphatic rings. The molecule has 0 unspecified atom stereocenters. The van der Waals surface area contributed by atoms with Crippen LogP contribution in [0.2, 0.25) is 0 Å². The molecule has 1 aliphatic carbocycles. The van der Waals surface area contributed by atoms with Gasteiger partial charge in [0.25, 0.3) is 0 Å². The van der Waals surface area contributed by atoms with E-state index in [1.165, 1.54) is 63.9 Å². The maximum absolute atomic E-state index is 4.72. The Balaban J connectivity index is 1.65. The highest BCUT2D eigenvalue weighted by Gasteiger charge is 2.34. The zero-order valence-corrected chi connectivity index (χ0v) is 13.6. The van der Waals surface area contributed by atoms with Crippen molar-refractivity contribution < 1.29 is 0 Å². The normalized spacial score (nSPS) is 23.6. The van der Waals surface area contributed by atoms with E-state index in [-0.39, 0.29) is 0 Å².